The zero-order valence-corrected chi connectivity index (χ0v) is 13.9. The summed E-state index contributed by atoms with van der Waals surface area (Å²) >= 11 is 0. The second-order valence-corrected chi connectivity index (χ2v) is 6.03. The number of hydrogen-bond acceptors (Lipinski definition) is 6. The highest BCUT2D eigenvalue weighted by molar-refractivity contribution is 5.91. The maximum absolute atomic E-state index is 12.5. The van der Waals surface area contributed by atoms with Crippen molar-refractivity contribution in [1.29, 1.82) is 0 Å². The molecule has 126 valence electrons. The standard InChI is InChI=1S/C17H22N6O/c1-18-16-12-21-14(10-22-16)9-13-3-2-7-23(8-4-13)17(24)15-11-19-5-6-20-15/h5-6,10-13H,2-4,7-9H2,1H3,(H,18,22). The van der Waals surface area contributed by atoms with Crippen molar-refractivity contribution in [2.45, 2.75) is 25.7 Å². The van der Waals surface area contributed by atoms with Crippen LogP contribution in [0.1, 0.15) is 35.4 Å². The van der Waals surface area contributed by atoms with E-state index in [0.717, 1.165) is 50.3 Å². The van der Waals surface area contributed by atoms with Crippen molar-refractivity contribution in [2.75, 3.05) is 25.5 Å². The van der Waals surface area contributed by atoms with Crippen LogP contribution in [0.5, 0.6) is 0 Å². The van der Waals surface area contributed by atoms with E-state index in [4.69, 9.17) is 0 Å². The monoisotopic (exact) mass is 326 g/mol. The van der Waals surface area contributed by atoms with Gasteiger partial charge in [-0.3, -0.25) is 14.8 Å². The van der Waals surface area contributed by atoms with Crippen molar-refractivity contribution in [3.05, 3.63) is 42.4 Å². The minimum absolute atomic E-state index is 0.0260. The molecular formula is C17H22N6O. The van der Waals surface area contributed by atoms with Crippen LogP contribution in [0, 0.1) is 5.92 Å². The average molecular weight is 326 g/mol. The van der Waals surface area contributed by atoms with Crippen molar-refractivity contribution in [3.8, 4) is 0 Å². The molecule has 0 aliphatic carbocycles. The molecule has 24 heavy (non-hydrogen) atoms. The van der Waals surface area contributed by atoms with E-state index in [1.54, 1.807) is 18.6 Å². The van der Waals surface area contributed by atoms with Crippen LogP contribution < -0.4 is 5.32 Å². The van der Waals surface area contributed by atoms with Gasteiger partial charge in [0.25, 0.3) is 5.91 Å². The fraction of sp³-hybridized carbons (Fsp3) is 0.471. The Hall–Kier alpha value is -2.57. The molecule has 1 N–H and O–H groups in total. The van der Waals surface area contributed by atoms with Crippen molar-refractivity contribution < 1.29 is 4.79 Å². The Morgan fingerprint density at radius 2 is 2.08 bits per heavy atom. The summed E-state index contributed by atoms with van der Waals surface area (Å²) in [6.07, 6.45) is 12.2. The van der Waals surface area contributed by atoms with E-state index in [2.05, 4.69) is 25.3 Å². The quantitative estimate of drug-likeness (QED) is 0.922. The van der Waals surface area contributed by atoms with Gasteiger partial charge in [-0.1, -0.05) is 0 Å². The van der Waals surface area contributed by atoms with Gasteiger partial charge < -0.3 is 10.2 Å². The number of nitrogens with zero attached hydrogens (tertiary/aromatic N) is 5. The van der Waals surface area contributed by atoms with E-state index in [9.17, 15) is 4.79 Å². The lowest BCUT2D eigenvalue weighted by Gasteiger charge is -2.20. The molecule has 2 aromatic rings. The molecule has 0 bridgehead atoms. The van der Waals surface area contributed by atoms with Gasteiger partial charge in [0, 0.05) is 32.5 Å². The number of hydrogen-bond donors (Lipinski definition) is 1. The Kier molecular flexibility index (Phi) is 5.30. The minimum Gasteiger partial charge on any atom is -0.372 e. The largest absolute Gasteiger partial charge is 0.372 e. The Bertz CT molecular complexity index is 661. The Labute approximate surface area is 141 Å². The fourth-order valence-electron chi connectivity index (χ4n) is 3.03. The van der Waals surface area contributed by atoms with Gasteiger partial charge in [-0.05, 0) is 31.6 Å². The van der Waals surface area contributed by atoms with Crippen molar-refractivity contribution >= 4 is 11.7 Å². The summed E-state index contributed by atoms with van der Waals surface area (Å²) in [7, 11) is 1.83. The zero-order chi connectivity index (χ0) is 16.8. The van der Waals surface area contributed by atoms with E-state index in [-0.39, 0.29) is 5.91 Å². The van der Waals surface area contributed by atoms with Gasteiger partial charge in [0.2, 0.25) is 0 Å². The zero-order valence-electron chi connectivity index (χ0n) is 13.9. The lowest BCUT2D eigenvalue weighted by molar-refractivity contribution is 0.0753. The fourth-order valence-corrected chi connectivity index (χ4v) is 3.03. The van der Waals surface area contributed by atoms with Gasteiger partial charge in [0.15, 0.2) is 0 Å². The smallest absolute Gasteiger partial charge is 0.274 e. The van der Waals surface area contributed by atoms with Crippen molar-refractivity contribution in [3.63, 3.8) is 0 Å². The molecule has 1 aliphatic rings. The first-order valence-corrected chi connectivity index (χ1v) is 8.30. The number of rotatable bonds is 4. The van der Waals surface area contributed by atoms with Crippen LogP contribution in [-0.4, -0.2) is 50.9 Å². The van der Waals surface area contributed by atoms with Crippen LogP contribution in [0.15, 0.2) is 31.0 Å². The molecule has 3 rings (SSSR count). The summed E-state index contributed by atoms with van der Waals surface area (Å²) < 4.78 is 0. The van der Waals surface area contributed by atoms with Crippen LogP contribution in [0.3, 0.4) is 0 Å². The molecule has 1 atom stereocenters. The predicted octanol–water partition coefficient (Wildman–Crippen LogP) is 1.79. The van der Waals surface area contributed by atoms with Gasteiger partial charge in [-0.15, -0.1) is 0 Å². The first kappa shape index (κ1) is 16.3. The molecule has 1 unspecified atom stereocenters. The summed E-state index contributed by atoms with van der Waals surface area (Å²) in [6, 6.07) is 0. The normalized spacial score (nSPS) is 18.0. The Balaban J connectivity index is 1.57. The number of amides is 1. The van der Waals surface area contributed by atoms with E-state index >= 15 is 0 Å². The van der Waals surface area contributed by atoms with Crippen molar-refractivity contribution in [2.24, 2.45) is 5.92 Å². The van der Waals surface area contributed by atoms with Gasteiger partial charge in [-0.25, -0.2) is 9.97 Å². The maximum Gasteiger partial charge on any atom is 0.274 e. The molecule has 0 saturated carbocycles. The molecule has 1 amide bonds. The summed E-state index contributed by atoms with van der Waals surface area (Å²) in [6.45, 7) is 1.53. The second-order valence-electron chi connectivity index (χ2n) is 6.03. The number of nitrogens with one attached hydrogen (secondary N) is 1. The number of aromatic nitrogens is 4. The first-order chi connectivity index (χ1) is 11.8. The lowest BCUT2D eigenvalue weighted by atomic mass is 9.95. The highest BCUT2D eigenvalue weighted by Crippen LogP contribution is 2.22. The summed E-state index contributed by atoms with van der Waals surface area (Å²) in [5, 5.41) is 2.97. The van der Waals surface area contributed by atoms with Gasteiger partial charge in [0.05, 0.1) is 24.3 Å². The second kappa shape index (κ2) is 7.81. The minimum atomic E-state index is -0.0260. The highest BCUT2D eigenvalue weighted by Gasteiger charge is 2.22. The van der Waals surface area contributed by atoms with Crippen LogP contribution in [0.4, 0.5) is 5.82 Å². The van der Waals surface area contributed by atoms with Gasteiger partial charge in [-0.2, -0.15) is 0 Å². The molecule has 1 fully saturated rings. The topological polar surface area (TPSA) is 83.9 Å². The average Bonchev–Trinajstić information content (AvgIpc) is 2.88. The molecule has 7 nitrogen and oxygen atoms in total. The SMILES string of the molecule is CNc1cnc(CC2CCCN(C(=O)c3cnccn3)CC2)cn1. The molecule has 3 heterocycles. The molecule has 0 aromatic carbocycles. The predicted molar refractivity (Wildman–Crippen MR) is 90.6 cm³/mol. The number of anilines is 1. The Morgan fingerprint density at radius 1 is 1.17 bits per heavy atom. The third-order valence-electron chi connectivity index (χ3n) is 4.38. The third-order valence-corrected chi connectivity index (χ3v) is 4.38. The van der Waals surface area contributed by atoms with Crippen LogP contribution in [0.2, 0.25) is 0 Å². The van der Waals surface area contributed by atoms with Crippen LogP contribution >= 0.6 is 0 Å². The molecule has 7 heteroatoms. The van der Waals surface area contributed by atoms with Gasteiger partial charge in [0.1, 0.15) is 11.5 Å². The van der Waals surface area contributed by atoms with E-state index < -0.39 is 0 Å². The maximum atomic E-state index is 12.5. The molecule has 2 aromatic heterocycles. The summed E-state index contributed by atoms with van der Waals surface area (Å²) in [5.41, 5.74) is 1.43. The van der Waals surface area contributed by atoms with E-state index in [1.807, 2.05) is 18.1 Å². The number of carbonyl (C=O) groups is 1. The van der Waals surface area contributed by atoms with Crippen molar-refractivity contribution in [1.82, 2.24) is 24.8 Å². The number of likely N-dealkylation sites (tertiary alicyclic amines) is 1. The molecule has 1 aliphatic heterocycles. The van der Waals surface area contributed by atoms with Crippen LogP contribution in [-0.2, 0) is 6.42 Å². The highest BCUT2D eigenvalue weighted by atomic mass is 16.2. The third kappa shape index (κ3) is 4.04. The number of carbonyl (C=O) groups excluding carboxylic acids is 1. The first-order valence-electron chi connectivity index (χ1n) is 8.30. The Morgan fingerprint density at radius 3 is 2.79 bits per heavy atom. The molecule has 0 spiro atoms. The van der Waals surface area contributed by atoms with E-state index in [1.165, 1.54) is 6.20 Å². The van der Waals surface area contributed by atoms with Crippen LogP contribution in [0.25, 0.3) is 0 Å². The van der Waals surface area contributed by atoms with Gasteiger partial charge >= 0.3 is 0 Å². The molecule has 1 saturated heterocycles. The summed E-state index contributed by atoms with van der Waals surface area (Å²) in [5.74, 6) is 1.28. The van der Waals surface area contributed by atoms with E-state index in [0.29, 0.717) is 11.6 Å². The molecular weight excluding hydrogens is 304 g/mol. The lowest BCUT2D eigenvalue weighted by Crippen LogP contribution is -2.32. The molecule has 0 radical (unpaired) electrons. The summed E-state index contributed by atoms with van der Waals surface area (Å²) in [4.78, 5) is 31.2.